The van der Waals surface area contributed by atoms with Crippen molar-refractivity contribution in [1.29, 1.82) is 0 Å². The Morgan fingerprint density at radius 3 is 2.24 bits per heavy atom. The minimum atomic E-state index is -1.82. The van der Waals surface area contributed by atoms with E-state index < -0.39 is 17.9 Å². The predicted molar refractivity (Wildman–Crippen MR) is 123 cm³/mol. The first kappa shape index (κ1) is 26.8. The molecule has 34 heavy (non-hydrogen) atoms. The van der Waals surface area contributed by atoms with Crippen LogP contribution in [0, 0.1) is 0 Å². The van der Waals surface area contributed by atoms with Crippen LogP contribution in [-0.4, -0.2) is 85.5 Å². The molecule has 1 fully saturated rings. The summed E-state index contributed by atoms with van der Waals surface area (Å²) in [6.07, 6.45) is 0. The molecule has 1 aromatic heterocycles. The molecule has 0 aliphatic carbocycles. The van der Waals surface area contributed by atoms with E-state index in [1.54, 1.807) is 14.0 Å². The molecule has 0 radical (unpaired) electrons. The lowest BCUT2D eigenvalue weighted by Gasteiger charge is -2.25. The van der Waals surface area contributed by atoms with Gasteiger partial charge in [-0.3, -0.25) is 9.69 Å². The van der Waals surface area contributed by atoms with Gasteiger partial charge >= 0.3 is 17.9 Å². The number of carboxylic acids is 2. The van der Waals surface area contributed by atoms with Crippen molar-refractivity contribution in [3.8, 4) is 16.9 Å². The van der Waals surface area contributed by atoms with Gasteiger partial charge in [0.25, 0.3) is 0 Å². The smallest absolute Gasteiger partial charge is 0.414 e. The molecule has 3 rings (SSSR count). The minimum absolute atomic E-state index is 0.157. The van der Waals surface area contributed by atoms with Crippen LogP contribution >= 0.6 is 11.3 Å². The predicted octanol–water partition coefficient (Wildman–Crippen LogP) is 2.03. The molecule has 0 unspecified atom stereocenters. The summed E-state index contributed by atoms with van der Waals surface area (Å²) in [7, 11) is 1.60. The number of morpholine rings is 1. The summed E-state index contributed by atoms with van der Waals surface area (Å²) in [6, 6.07) is 7.42. The van der Waals surface area contributed by atoms with Gasteiger partial charge in [-0.1, -0.05) is 12.1 Å². The highest BCUT2D eigenvalue weighted by Gasteiger charge is 2.23. The first-order valence-electron chi connectivity index (χ1n) is 10.3. The number of benzene rings is 1. The Kier molecular flexibility index (Phi) is 10.5. The molecule has 3 N–H and O–H groups in total. The van der Waals surface area contributed by atoms with Gasteiger partial charge in [0.05, 0.1) is 33.5 Å². The number of ether oxygens (including phenoxy) is 3. The lowest BCUT2D eigenvalue weighted by molar-refractivity contribution is -0.159. The van der Waals surface area contributed by atoms with E-state index in [-0.39, 0.29) is 19.1 Å². The Bertz CT molecular complexity index is 986. The fourth-order valence-corrected chi connectivity index (χ4v) is 3.94. The van der Waals surface area contributed by atoms with Crippen LogP contribution in [0.25, 0.3) is 11.1 Å². The number of carbonyl (C=O) groups excluding carboxylic acids is 2. The number of hydrogen-bond acceptors (Lipinski definition) is 9. The molecular weight excluding hydrogens is 468 g/mol. The lowest BCUT2D eigenvalue weighted by atomic mass is 10.0. The van der Waals surface area contributed by atoms with Crippen LogP contribution < -0.4 is 10.1 Å². The number of hydrogen-bond donors (Lipinski definition) is 3. The fraction of sp³-hybridized carbons (Fsp3) is 0.364. The van der Waals surface area contributed by atoms with Crippen LogP contribution in [0.15, 0.2) is 29.6 Å². The molecule has 1 saturated heterocycles. The molecule has 0 spiro atoms. The van der Waals surface area contributed by atoms with E-state index >= 15 is 0 Å². The summed E-state index contributed by atoms with van der Waals surface area (Å²) in [4.78, 5) is 45.3. The standard InChI is InChI=1S/C20H24N2O5S.C2H2O4/c1-3-27-20(24)18-16(14-4-6-15(25-2)7-5-14)13-28-19(18)21-17(23)12-22-8-10-26-11-9-22;3-1(4)2(5)6/h4-7,13H,3,8-12H2,1-2H3,(H,21,23);(H,3,4)(H,5,6). The second kappa shape index (κ2) is 13.3. The topological polar surface area (TPSA) is 152 Å². The molecule has 0 bridgehead atoms. The molecule has 12 heteroatoms. The summed E-state index contributed by atoms with van der Waals surface area (Å²) >= 11 is 1.32. The van der Waals surface area contributed by atoms with Crippen molar-refractivity contribution in [1.82, 2.24) is 4.90 Å². The summed E-state index contributed by atoms with van der Waals surface area (Å²) in [6.45, 7) is 4.98. The molecule has 0 atom stereocenters. The van der Waals surface area contributed by atoms with Crippen LogP contribution in [-0.2, 0) is 23.9 Å². The van der Waals surface area contributed by atoms with Gasteiger partial charge < -0.3 is 29.7 Å². The van der Waals surface area contributed by atoms with Gasteiger partial charge in [0.1, 0.15) is 16.3 Å². The number of amides is 1. The third-order valence-electron chi connectivity index (χ3n) is 4.58. The number of aliphatic carboxylic acids is 2. The summed E-state index contributed by atoms with van der Waals surface area (Å²) < 4.78 is 15.7. The van der Waals surface area contributed by atoms with E-state index in [9.17, 15) is 9.59 Å². The van der Waals surface area contributed by atoms with Gasteiger partial charge in [-0.05, 0) is 24.6 Å². The molecule has 1 aliphatic rings. The maximum Gasteiger partial charge on any atom is 0.414 e. The zero-order chi connectivity index (χ0) is 25.1. The Balaban J connectivity index is 0.000000604. The molecule has 1 aromatic carbocycles. The Hall–Kier alpha value is -3.48. The Morgan fingerprint density at radius 1 is 1.09 bits per heavy atom. The summed E-state index contributed by atoms with van der Waals surface area (Å²) in [5, 5.41) is 20.0. The van der Waals surface area contributed by atoms with E-state index in [1.165, 1.54) is 11.3 Å². The number of anilines is 1. The van der Waals surface area contributed by atoms with Crippen LogP contribution in [0.4, 0.5) is 5.00 Å². The number of carbonyl (C=O) groups is 4. The molecule has 1 aliphatic heterocycles. The minimum Gasteiger partial charge on any atom is -0.497 e. The quantitative estimate of drug-likeness (QED) is 0.385. The van der Waals surface area contributed by atoms with Crippen molar-refractivity contribution < 1.29 is 43.6 Å². The maximum absolute atomic E-state index is 12.6. The maximum atomic E-state index is 12.6. The first-order chi connectivity index (χ1) is 16.3. The molecule has 2 heterocycles. The largest absolute Gasteiger partial charge is 0.497 e. The number of methoxy groups -OCH3 is 1. The molecule has 2 aromatic rings. The van der Waals surface area contributed by atoms with Crippen molar-refractivity contribution >= 4 is 40.2 Å². The second-order valence-electron chi connectivity index (χ2n) is 6.85. The van der Waals surface area contributed by atoms with Gasteiger partial charge in [0.2, 0.25) is 5.91 Å². The van der Waals surface area contributed by atoms with Gasteiger partial charge in [0, 0.05) is 24.0 Å². The Labute approximate surface area is 199 Å². The van der Waals surface area contributed by atoms with E-state index in [0.717, 1.165) is 30.0 Å². The number of carboxylic acid groups (broad SMARTS) is 2. The lowest BCUT2D eigenvalue weighted by Crippen LogP contribution is -2.41. The van der Waals surface area contributed by atoms with E-state index in [1.807, 2.05) is 34.5 Å². The second-order valence-corrected chi connectivity index (χ2v) is 7.73. The number of thiophene rings is 1. The highest BCUT2D eigenvalue weighted by atomic mass is 32.1. The molecule has 1 amide bonds. The monoisotopic (exact) mass is 494 g/mol. The molecule has 11 nitrogen and oxygen atoms in total. The zero-order valence-corrected chi connectivity index (χ0v) is 19.6. The normalized spacial score (nSPS) is 13.2. The van der Waals surface area contributed by atoms with Crippen molar-refractivity contribution in [3.63, 3.8) is 0 Å². The van der Waals surface area contributed by atoms with Crippen molar-refractivity contribution in [2.45, 2.75) is 6.92 Å². The van der Waals surface area contributed by atoms with Gasteiger partial charge in [0.15, 0.2) is 0 Å². The molecule has 0 saturated carbocycles. The SMILES string of the molecule is CCOC(=O)c1c(-c2ccc(OC)cc2)csc1NC(=O)CN1CCOCC1.O=C(O)C(=O)O. The third kappa shape index (κ3) is 7.83. The number of esters is 1. The van der Waals surface area contributed by atoms with Gasteiger partial charge in [-0.2, -0.15) is 0 Å². The number of rotatable bonds is 7. The number of nitrogens with zero attached hydrogens (tertiary/aromatic N) is 1. The highest BCUT2D eigenvalue weighted by molar-refractivity contribution is 7.15. The average Bonchev–Trinajstić information content (AvgIpc) is 3.23. The van der Waals surface area contributed by atoms with E-state index in [2.05, 4.69) is 5.32 Å². The summed E-state index contributed by atoms with van der Waals surface area (Å²) in [5.74, 6) is -3.52. The van der Waals surface area contributed by atoms with Crippen LogP contribution in [0.5, 0.6) is 5.75 Å². The van der Waals surface area contributed by atoms with Crippen LogP contribution in [0.1, 0.15) is 17.3 Å². The number of nitrogens with one attached hydrogen (secondary N) is 1. The van der Waals surface area contributed by atoms with Crippen molar-refractivity contribution in [2.24, 2.45) is 0 Å². The zero-order valence-electron chi connectivity index (χ0n) is 18.7. The van der Waals surface area contributed by atoms with E-state index in [4.69, 9.17) is 34.0 Å². The van der Waals surface area contributed by atoms with Gasteiger partial charge in [-0.15, -0.1) is 11.3 Å². The van der Waals surface area contributed by atoms with Crippen molar-refractivity contribution in [2.75, 3.05) is 51.9 Å². The molecule has 184 valence electrons. The van der Waals surface area contributed by atoms with Gasteiger partial charge in [-0.25, -0.2) is 14.4 Å². The highest BCUT2D eigenvalue weighted by Crippen LogP contribution is 2.36. The van der Waals surface area contributed by atoms with Crippen molar-refractivity contribution in [3.05, 3.63) is 35.2 Å². The van der Waals surface area contributed by atoms with Crippen LogP contribution in [0.2, 0.25) is 0 Å². The average molecular weight is 495 g/mol. The summed E-state index contributed by atoms with van der Waals surface area (Å²) in [5.41, 5.74) is 1.97. The Morgan fingerprint density at radius 2 is 1.71 bits per heavy atom. The van der Waals surface area contributed by atoms with Crippen LogP contribution in [0.3, 0.4) is 0 Å². The first-order valence-corrected chi connectivity index (χ1v) is 11.1. The van der Waals surface area contributed by atoms with E-state index in [0.29, 0.717) is 23.8 Å². The molecular formula is C22H26N2O9S. The third-order valence-corrected chi connectivity index (χ3v) is 5.47. The fourth-order valence-electron chi connectivity index (χ4n) is 2.97.